The van der Waals surface area contributed by atoms with E-state index in [1.165, 1.54) is 0 Å². The predicted molar refractivity (Wildman–Crippen MR) is 49.6 cm³/mol. The van der Waals surface area contributed by atoms with E-state index >= 15 is 0 Å². The first kappa shape index (κ1) is 9.65. The Kier molecular flexibility index (Phi) is 3.66. The quantitative estimate of drug-likeness (QED) is 0.615. The number of carbonyl (C=O) groups excluding carboxylic acids is 1. The van der Waals surface area contributed by atoms with Crippen LogP contribution in [0.5, 0.6) is 0 Å². The lowest BCUT2D eigenvalue weighted by atomic mass is 10.4. The summed E-state index contributed by atoms with van der Waals surface area (Å²) in [7, 11) is 0. The Morgan fingerprint density at radius 3 is 2.58 bits per heavy atom. The van der Waals surface area contributed by atoms with E-state index < -0.39 is 0 Å². The predicted octanol–water partition coefficient (Wildman–Crippen LogP) is 1.37. The highest BCUT2D eigenvalue weighted by molar-refractivity contribution is 6.17. The van der Waals surface area contributed by atoms with Gasteiger partial charge in [0, 0.05) is 32.1 Å². The Balaban J connectivity index is 2.33. The van der Waals surface area contributed by atoms with E-state index in [1.807, 2.05) is 16.7 Å². The molecule has 2 amide bonds. The molecular weight excluding hydrogens is 176 g/mol. The van der Waals surface area contributed by atoms with Crippen LogP contribution in [0.3, 0.4) is 0 Å². The Labute approximate surface area is 78.3 Å². The third-order valence-corrected chi connectivity index (χ3v) is 2.39. The van der Waals surface area contributed by atoms with Crippen LogP contribution >= 0.6 is 11.6 Å². The van der Waals surface area contributed by atoms with Gasteiger partial charge in [-0.05, 0) is 13.3 Å². The van der Waals surface area contributed by atoms with Gasteiger partial charge in [-0.15, -0.1) is 11.6 Å². The van der Waals surface area contributed by atoms with Gasteiger partial charge in [-0.3, -0.25) is 0 Å². The summed E-state index contributed by atoms with van der Waals surface area (Å²) in [5.41, 5.74) is 0. The molecule has 0 aromatic rings. The summed E-state index contributed by atoms with van der Waals surface area (Å²) in [5.74, 6) is 0.635. The second-order valence-electron chi connectivity index (χ2n) is 2.89. The molecule has 0 aromatic carbocycles. The number of hydrogen-bond donors (Lipinski definition) is 0. The van der Waals surface area contributed by atoms with Gasteiger partial charge in [0.1, 0.15) is 0 Å². The maximum absolute atomic E-state index is 11.5. The molecule has 1 heterocycles. The molecule has 0 spiro atoms. The van der Waals surface area contributed by atoms with Crippen molar-refractivity contribution < 1.29 is 4.79 Å². The van der Waals surface area contributed by atoms with Crippen molar-refractivity contribution in [1.29, 1.82) is 0 Å². The normalized spacial score (nSPS) is 17.7. The largest absolute Gasteiger partial charge is 0.323 e. The molecule has 3 nitrogen and oxygen atoms in total. The van der Waals surface area contributed by atoms with Gasteiger partial charge >= 0.3 is 6.03 Å². The van der Waals surface area contributed by atoms with Crippen molar-refractivity contribution in [1.82, 2.24) is 9.80 Å². The third-order valence-electron chi connectivity index (χ3n) is 2.12. The van der Waals surface area contributed by atoms with Gasteiger partial charge in [0.15, 0.2) is 0 Å². The first-order valence-corrected chi connectivity index (χ1v) is 4.93. The molecule has 0 aromatic heterocycles. The van der Waals surface area contributed by atoms with E-state index in [1.54, 1.807) is 0 Å². The molecule has 1 aliphatic heterocycles. The lowest BCUT2D eigenvalue weighted by Crippen LogP contribution is -2.32. The smallest absolute Gasteiger partial charge is 0.320 e. The average Bonchev–Trinajstić information content (AvgIpc) is 2.43. The van der Waals surface area contributed by atoms with Crippen LogP contribution in [0.4, 0.5) is 4.79 Å². The minimum atomic E-state index is 0.169. The summed E-state index contributed by atoms with van der Waals surface area (Å²) >= 11 is 5.55. The van der Waals surface area contributed by atoms with Gasteiger partial charge in [-0.1, -0.05) is 0 Å². The van der Waals surface area contributed by atoms with Crippen LogP contribution in [0.15, 0.2) is 0 Å². The van der Waals surface area contributed by atoms with Gasteiger partial charge < -0.3 is 9.80 Å². The molecule has 1 fully saturated rings. The van der Waals surface area contributed by atoms with Crippen LogP contribution in [0.1, 0.15) is 13.3 Å². The molecule has 1 rings (SSSR count). The summed E-state index contributed by atoms with van der Waals surface area (Å²) in [6, 6.07) is 0.169. The van der Waals surface area contributed by atoms with Gasteiger partial charge in [0.25, 0.3) is 0 Å². The van der Waals surface area contributed by atoms with Crippen molar-refractivity contribution in [3.8, 4) is 0 Å². The second-order valence-corrected chi connectivity index (χ2v) is 3.27. The van der Waals surface area contributed by atoms with Crippen LogP contribution < -0.4 is 0 Å². The van der Waals surface area contributed by atoms with Gasteiger partial charge in [-0.2, -0.15) is 0 Å². The molecule has 0 bridgehead atoms. The molecule has 0 N–H and O–H groups in total. The summed E-state index contributed by atoms with van der Waals surface area (Å²) in [4.78, 5) is 15.2. The third kappa shape index (κ3) is 2.03. The molecule has 0 radical (unpaired) electrons. The highest BCUT2D eigenvalue weighted by atomic mass is 35.5. The van der Waals surface area contributed by atoms with Crippen molar-refractivity contribution in [3.63, 3.8) is 0 Å². The fourth-order valence-corrected chi connectivity index (χ4v) is 1.50. The molecule has 1 aliphatic rings. The molecule has 70 valence electrons. The fourth-order valence-electron chi connectivity index (χ4n) is 1.38. The zero-order chi connectivity index (χ0) is 8.97. The highest BCUT2D eigenvalue weighted by Crippen LogP contribution is 2.08. The molecular formula is C8H15ClN2O. The van der Waals surface area contributed by atoms with Gasteiger partial charge in [0.05, 0.1) is 0 Å². The Bertz CT molecular complexity index is 163. The molecule has 0 aliphatic carbocycles. The number of nitrogens with zero attached hydrogens (tertiary/aromatic N) is 2. The summed E-state index contributed by atoms with van der Waals surface area (Å²) in [6.07, 6.45) is 0.894. The summed E-state index contributed by atoms with van der Waals surface area (Å²) in [6.45, 7) is 5.36. The first-order valence-electron chi connectivity index (χ1n) is 4.39. The second kappa shape index (κ2) is 4.55. The van der Waals surface area contributed by atoms with Crippen molar-refractivity contribution in [2.45, 2.75) is 13.3 Å². The molecule has 4 heteroatoms. The fraction of sp³-hybridized carbons (Fsp3) is 0.875. The van der Waals surface area contributed by atoms with E-state index in [9.17, 15) is 4.79 Å². The maximum Gasteiger partial charge on any atom is 0.320 e. The lowest BCUT2D eigenvalue weighted by molar-refractivity contribution is 0.194. The zero-order valence-corrected chi connectivity index (χ0v) is 8.18. The number of amides is 2. The summed E-state index contributed by atoms with van der Waals surface area (Å²) in [5, 5.41) is 0. The standard InChI is InChI=1S/C8H15ClN2O/c1-2-10-6-7-11(8(10)12)5-3-4-9/h2-7H2,1H3. The Morgan fingerprint density at radius 2 is 2.08 bits per heavy atom. The molecule has 0 unspecified atom stereocenters. The number of hydrogen-bond acceptors (Lipinski definition) is 1. The van der Waals surface area contributed by atoms with Crippen LogP contribution in [0.25, 0.3) is 0 Å². The van der Waals surface area contributed by atoms with Crippen molar-refractivity contribution >= 4 is 17.6 Å². The molecule has 1 saturated heterocycles. The number of halogens is 1. The van der Waals surface area contributed by atoms with E-state index in [-0.39, 0.29) is 6.03 Å². The van der Waals surface area contributed by atoms with Crippen LogP contribution in [0, 0.1) is 0 Å². The Morgan fingerprint density at radius 1 is 1.42 bits per heavy atom. The van der Waals surface area contributed by atoms with Gasteiger partial charge in [-0.25, -0.2) is 4.79 Å². The number of alkyl halides is 1. The average molecular weight is 191 g/mol. The minimum absolute atomic E-state index is 0.169. The molecule has 12 heavy (non-hydrogen) atoms. The van der Waals surface area contributed by atoms with Crippen molar-refractivity contribution in [2.75, 3.05) is 32.1 Å². The SMILES string of the molecule is CCN1CCN(CCCCl)C1=O. The lowest BCUT2D eigenvalue weighted by Gasteiger charge is -2.16. The van der Waals surface area contributed by atoms with Crippen LogP contribution in [-0.2, 0) is 0 Å². The number of likely N-dealkylation sites (N-methyl/N-ethyl adjacent to an activating group) is 1. The summed E-state index contributed by atoms with van der Waals surface area (Å²) < 4.78 is 0. The van der Waals surface area contributed by atoms with Gasteiger partial charge in [0.2, 0.25) is 0 Å². The monoisotopic (exact) mass is 190 g/mol. The number of rotatable bonds is 4. The van der Waals surface area contributed by atoms with E-state index in [2.05, 4.69) is 0 Å². The maximum atomic E-state index is 11.5. The molecule has 0 saturated carbocycles. The number of urea groups is 1. The van der Waals surface area contributed by atoms with E-state index in [4.69, 9.17) is 11.6 Å². The highest BCUT2D eigenvalue weighted by Gasteiger charge is 2.25. The topological polar surface area (TPSA) is 23.6 Å². The van der Waals surface area contributed by atoms with Crippen molar-refractivity contribution in [3.05, 3.63) is 0 Å². The molecule has 0 atom stereocenters. The number of carbonyl (C=O) groups is 1. The minimum Gasteiger partial charge on any atom is -0.323 e. The van der Waals surface area contributed by atoms with Crippen LogP contribution in [0.2, 0.25) is 0 Å². The van der Waals surface area contributed by atoms with Crippen LogP contribution in [-0.4, -0.2) is 47.9 Å². The van der Waals surface area contributed by atoms with Crippen molar-refractivity contribution in [2.24, 2.45) is 0 Å². The van der Waals surface area contributed by atoms with E-state index in [0.29, 0.717) is 5.88 Å². The zero-order valence-electron chi connectivity index (χ0n) is 7.42. The Hall–Kier alpha value is -0.440. The first-order chi connectivity index (χ1) is 5.79. The van der Waals surface area contributed by atoms with E-state index in [0.717, 1.165) is 32.6 Å².